The summed E-state index contributed by atoms with van der Waals surface area (Å²) in [6.07, 6.45) is 0. The van der Waals surface area contributed by atoms with E-state index in [0.29, 0.717) is 16.3 Å². The Morgan fingerprint density at radius 2 is 0.925 bits per heavy atom. The van der Waals surface area contributed by atoms with Crippen LogP contribution in [0.4, 0.5) is 13.2 Å². The van der Waals surface area contributed by atoms with E-state index < -0.39 is 15.6 Å². The second-order valence-corrected chi connectivity index (χ2v) is 20.0. The molecule has 0 radical (unpaired) electrons. The first-order chi connectivity index (χ1) is 24.5. The van der Waals surface area contributed by atoms with Crippen LogP contribution in [0.2, 0.25) is 0 Å². The molecule has 0 aliphatic heterocycles. The second-order valence-electron chi connectivity index (χ2n) is 17.6. The van der Waals surface area contributed by atoms with Crippen LogP contribution in [-0.4, -0.2) is 22.7 Å². The summed E-state index contributed by atoms with van der Waals surface area (Å²) in [5.74, 6) is -0.387. The molecular weight excluding hydrogens is 761 g/mol. The maximum Gasteiger partial charge on any atom is 0.534 e. The maximum atomic E-state index is 13.7. The van der Waals surface area contributed by atoms with Crippen LogP contribution in [0.25, 0.3) is 76.2 Å². The molecule has 0 amide bonds. The number of aromatic nitrogens is 2. The van der Waals surface area contributed by atoms with Crippen molar-refractivity contribution in [1.82, 2.24) is 8.80 Å². The Hall–Kier alpha value is -4.28. The summed E-state index contributed by atoms with van der Waals surface area (Å²) in [6.45, 7) is 19.7. The molecule has 9 rings (SSSR count). The van der Waals surface area contributed by atoms with Gasteiger partial charge >= 0.3 is 15.6 Å². The van der Waals surface area contributed by atoms with Gasteiger partial charge in [-0.25, -0.2) is 0 Å². The lowest BCUT2D eigenvalue weighted by molar-refractivity contribution is -0.0499. The van der Waals surface area contributed by atoms with Crippen LogP contribution in [0.1, 0.15) is 79.0 Å². The van der Waals surface area contributed by atoms with Crippen LogP contribution in [0.3, 0.4) is 0 Å². The highest BCUT2D eigenvalue weighted by Crippen LogP contribution is 2.51. The van der Waals surface area contributed by atoms with Crippen molar-refractivity contribution in [3.05, 3.63) is 87.9 Å². The summed E-state index contributed by atoms with van der Waals surface area (Å²) < 4.78 is 75.5. The first kappa shape index (κ1) is 34.5. The van der Waals surface area contributed by atoms with Crippen LogP contribution >= 0.6 is 15.9 Å². The van der Waals surface area contributed by atoms with Crippen LogP contribution in [0.5, 0.6) is 5.75 Å². The van der Waals surface area contributed by atoms with Crippen molar-refractivity contribution in [1.29, 1.82) is 0 Å². The lowest BCUT2D eigenvalue weighted by atomic mass is 9.84. The van der Waals surface area contributed by atoms with Crippen molar-refractivity contribution in [2.75, 3.05) is 0 Å². The van der Waals surface area contributed by atoms with E-state index in [9.17, 15) is 21.6 Å². The van der Waals surface area contributed by atoms with Crippen molar-refractivity contribution >= 4 is 102 Å². The van der Waals surface area contributed by atoms with Crippen LogP contribution in [-0.2, 0) is 26.4 Å². The Balaban J connectivity index is 1.51. The fraction of sp³-hybridized carbons (Fsp3) is 0.302. The summed E-state index contributed by atoms with van der Waals surface area (Å²) in [5, 5.41) is 7.56. The van der Waals surface area contributed by atoms with Crippen molar-refractivity contribution in [3.8, 4) is 5.75 Å². The topological polar surface area (TPSA) is 52.2 Å². The Bertz CT molecular complexity index is 3150. The van der Waals surface area contributed by atoms with Gasteiger partial charge in [-0.15, -0.1) is 0 Å². The zero-order chi connectivity index (χ0) is 38.1. The van der Waals surface area contributed by atoms with Crippen molar-refractivity contribution in [2.24, 2.45) is 0 Å². The van der Waals surface area contributed by atoms with Gasteiger partial charge in [-0.1, -0.05) is 68.4 Å². The Morgan fingerprint density at radius 1 is 0.528 bits per heavy atom. The van der Waals surface area contributed by atoms with Gasteiger partial charge in [-0.05, 0) is 110 Å². The lowest BCUT2D eigenvalue weighted by Gasteiger charge is -2.20. The maximum absolute atomic E-state index is 13.7. The molecule has 0 atom stereocenters. The quantitative estimate of drug-likeness (QED) is 0.129. The molecule has 5 nitrogen and oxygen atoms in total. The highest BCUT2D eigenvalue weighted by Gasteiger charge is 2.49. The Morgan fingerprint density at radius 3 is 1.43 bits per heavy atom. The largest absolute Gasteiger partial charge is 0.534 e. The van der Waals surface area contributed by atoms with E-state index in [-0.39, 0.29) is 26.5 Å². The average molecular weight is 800 g/mol. The zero-order valence-electron chi connectivity index (χ0n) is 30.9. The number of rotatable bonds is 2. The van der Waals surface area contributed by atoms with Gasteiger partial charge in [0, 0.05) is 37.7 Å². The van der Waals surface area contributed by atoms with E-state index in [0.717, 1.165) is 54.7 Å². The van der Waals surface area contributed by atoms with Crippen molar-refractivity contribution < 1.29 is 25.8 Å². The number of halogens is 4. The van der Waals surface area contributed by atoms with Gasteiger partial charge in [0.25, 0.3) is 0 Å². The SMILES string of the molecule is CC(C)(C)c1ccc2c(c1)c1cc(C(C)(C)C)cc3c4c5c6cc(C(C)(C)C)cc7c8c(OS(=O)(=O)C(F)(F)F)c(Br)ccc8n(c5ccc4n2c13)c76. The number of nitrogens with zero attached hydrogens (tertiary/aromatic N) is 2. The molecule has 9 aromatic rings. The molecule has 0 saturated carbocycles. The number of fused-ring (bicyclic) bond motifs is 13. The summed E-state index contributed by atoms with van der Waals surface area (Å²) in [4.78, 5) is 0. The van der Waals surface area contributed by atoms with Gasteiger partial charge in [0.1, 0.15) is 0 Å². The molecule has 10 heteroatoms. The van der Waals surface area contributed by atoms with E-state index in [1.54, 1.807) is 12.1 Å². The molecular formula is C43H38BrF3N2O3S. The van der Waals surface area contributed by atoms with Crippen LogP contribution in [0, 0.1) is 0 Å². The van der Waals surface area contributed by atoms with E-state index in [1.807, 2.05) is 10.5 Å². The molecule has 5 aromatic carbocycles. The van der Waals surface area contributed by atoms with Gasteiger partial charge in [0.2, 0.25) is 0 Å². The van der Waals surface area contributed by atoms with Crippen molar-refractivity contribution in [3.63, 3.8) is 0 Å². The number of alkyl halides is 3. The number of hydrogen-bond donors (Lipinski definition) is 0. The molecule has 0 unspecified atom stereocenters. The first-order valence-corrected chi connectivity index (χ1v) is 19.8. The number of benzene rings is 5. The van der Waals surface area contributed by atoms with E-state index in [1.165, 1.54) is 21.9 Å². The predicted molar refractivity (Wildman–Crippen MR) is 215 cm³/mol. The molecule has 0 aliphatic carbocycles. The third-order valence-electron chi connectivity index (χ3n) is 11.0. The standard InChI is InChI=1S/C43H38BrF3N2O3S/c1-40(2,3)21-10-12-30-24(16-21)25-17-22(41(4,5)6)18-26-34-31(48(30)37(25)26)14-15-32-35(34)27-19-23(42(7,8)9)20-28-36-33(49(32)38(27)28)13-11-29(44)39(36)52-53(50,51)43(45,46)47/h10-20H,1-9H3. The minimum atomic E-state index is -5.96. The van der Waals surface area contributed by atoms with Gasteiger partial charge in [-0.3, -0.25) is 0 Å². The number of hydrogen-bond acceptors (Lipinski definition) is 3. The fourth-order valence-electron chi connectivity index (χ4n) is 8.28. The van der Waals surface area contributed by atoms with E-state index in [2.05, 4.69) is 131 Å². The third-order valence-corrected chi connectivity index (χ3v) is 12.6. The first-order valence-electron chi connectivity index (χ1n) is 17.6. The fourth-order valence-corrected chi connectivity index (χ4v) is 9.28. The van der Waals surface area contributed by atoms with E-state index >= 15 is 0 Å². The summed E-state index contributed by atoms with van der Waals surface area (Å²) >= 11 is 3.32. The molecule has 0 aliphatic rings. The third kappa shape index (κ3) is 4.63. The summed E-state index contributed by atoms with van der Waals surface area (Å²) in [5.41, 5.74) is 2.92. The van der Waals surface area contributed by atoms with Crippen LogP contribution in [0.15, 0.2) is 71.2 Å². The Kier molecular flexibility index (Phi) is 6.68. The molecule has 0 spiro atoms. The minimum absolute atomic E-state index is 0.0208. The highest BCUT2D eigenvalue weighted by molar-refractivity contribution is 9.10. The average Bonchev–Trinajstić information content (AvgIpc) is 3.76. The Labute approximate surface area is 313 Å². The van der Waals surface area contributed by atoms with Crippen molar-refractivity contribution in [2.45, 2.75) is 84.1 Å². The predicted octanol–water partition coefficient (Wildman–Crippen LogP) is 12.9. The zero-order valence-corrected chi connectivity index (χ0v) is 33.3. The molecule has 0 fully saturated rings. The summed E-state index contributed by atoms with van der Waals surface area (Å²) in [7, 11) is -5.96. The summed E-state index contributed by atoms with van der Waals surface area (Å²) in [6, 6.07) is 23.2. The molecule has 53 heavy (non-hydrogen) atoms. The molecule has 0 N–H and O–H groups in total. The van der Waals surface area contributed by atoms with Gasteiger partial charge in [0.05, 0.1) is 43.0 Å². The normalized spacial score (nSPS) is 14.3. The lowest BCUT2D eigenvalue weighted by Crippen LogP contribution is -2.28. The molecule has 4 heterocycles. The van der Waals surface area contributed by atoms with Crippen LogP contribution < -0.4 is 4.18 Å². The molecule has 0 bridgehead atoms. The molecule has 4 aromatic heterocycles. The van der Waals surface area contributed by atoms with Gasteiger partial charge in [-0.2, -0.15) is 21.6 Å². The molecule has 272 valence electrons. The smallest absolute Gasteiger partial charge is 0.374 e. The van der Waals surface area contributed by atoms with Gasteiger partial charge < -0.3 is 13.0 Å². The monoisotopic (exact) mass is 798 g/mol. The van der Waals surface area contributed by atoms with E-state index in [4.69, 9.17) is 4.18 Å². The highest BCUT2D eigenvalue weighted by atomic mass is 79.9. The minimum Gasteiger partial charge on any atom is -0.374 e. The molecule has 0 saturated heterocycles. The second kappa shape index (κ2) is 10.3. The van der Waals surface area contributed by atoms with Gasteiger partial charge in [0.15, 0.2) is 5.75 Å².